The number of carbonyl (C=O) groups is 2. The fraction of sp³-hybridized carbons (Fsp3) is 0.333. The number of carboxylic acids is 1. The lowest BCUT2D eigenvalue weighted by molar-refractivity contribution is -0.146. The Balaban J connectivity index is 2.16. The molecule has 0 saturated carbocycles. The van der Waals surface area contributed by atoms with Crippen molar-refractivity contribution in [1.29, 1.82) is 0 Å². The molecule has 1 atom stereocenters. The average Bonchev–Trinajstić information content (AvgIpc) is 2.61. The van der Waals surface area contributed by atoms with Gasteiger partial charge in [0.1, 0.15) is 6.04 Å². The third-order valence-electron chi connectivity index (χ3n) is 2.86. The van der Waals surface area contributed by atoms with Crippen molar-refractivity contribution >= 4 is 27.8 Å². The number of carboxylic acid groups (broad SMARTS) is 1. The summed E-state index contributed by atoms with van der Waals surface area (Å²) in [5.74, 6) is -1.01. The number of hydrogen-bond donors (Lipinski definition) is 1. The molecular weight excluding hydrogens is 286 g/mol. The lowest BCUT2D eigenvalue weighted by Gasteiger charge is -2.21. The quantitative estimate of drug-likeness (QED) is 0.929. The predicted octanol–water partition coefficient (Wildman–Crippen LogP) is 2.02. The van der Waals surface area contributed by atoms with Crippen LogP contribution in [0.1, 0.15) is 18.4 Å². The van der Waals surface area contributed by atoms with Crippen LogP contribution in [0.5, 0.6) is 0 Å². The maximum Gasteiger partial charge on any atom is 0.326 e. The fourth-order valence-corrected chi connectivity index (χ4v) is 2.47. The zero-order chi connectivity index (χ0) is 12.4. The minimum absolute atomic E-state index is 0.0858. The lowest BCUT2D eigenvalue weighted by atomic mass is 10.2. The number of benzene rings is 1. The van der Waals surface area contributed by atoms with E-state index in [0.717, 1.165) is 10.0 Å². The highest BCUT2D eigenvalue weighted by molar-refractivity contribution is 9.10. The topological polar surface area (TPSA) is 57.6 Å². The molecule has 1 aromatic carbocycles. The van der Waals surface area contributed by atoms with Crippen LogP contribution in [0, 0.1) is 0 Å². The van der Waals surface area contributed by atoms with Crippen molar-refractivity contribution in [3.63, 3.8) is 0 Å². The Morgan fingerprint density at radius 2 is 2.29 bits per heavy atom. The second kappa shape index (κ2) is 4.87. The first-order valence-electron chi connectivity index (χ1n) is 5.34. The van der Waals surface area contributed by atoms with Crippen molar-refractivity contribution in [3.05, 3.63) is 34.3 Å². The maximum absolute atomic E-state index is 11.6. The van der Waals surface area contributed by atoms with Gasteiger partial charge in [0.2, 0.25) is 5.91 Å². The second-order valence-electron chi connectivity index (χ2n) is 4.04. The van der Waals surface area contributed by atoms with E-state index in [0.29, 0.717) is 19.4 Å². The summed E-state index contributed by atoms with van der Waals surface area (Å²) in [5.41, 5.74) is 0.931. The largest absolute Gasteiger partial charge is 0.480 e. The highest BCUT2D eigenvalue weighted by atomic mass is 79.9. The van der Waals surface area contributed by atoms with Crippen molar-refractivity contribution < 1.29 is 14.7 Å². The number of nitrogens with zero attached hydrogens (tertiary/aromatic N) is 1. The number of rotatable bonds is 3. The average molecular weight is 298 g/mol. The number of halogens is 1. The number of carbonyl (C=O) groups excluding carboxylic acids is 1. The van der Waals surface area contributed by atoms with Crippen LogP contribution in [-0.4, -0.2) is 27.9 Å². The van der Waals surface area contributed by atoms with Crippen LogP contribution < -0.4 is 0 Å². The van der Waals surface area contributed by atoms with E-state index in [-0.39, 0.29) is 5.91 Å². The number of amides is 1. The van der Waals surface area contributed by atoms with E-state index in [1.807, 2.05) is 24.3 Å². The zero-order valence-electron chi connectivity index (χ0n) is 9.10. The van der Waals surface area contributed by atoms with Gasteiger partial charge in [-0.05, 0) is 24.1 Å². The molecule has 1 heterocycles. The highest BCUT2D eigenvalue weighted by Crippen LogP contribution is 2.22. The summed E-state index contributed by atoms with van der Waals surface area (Å²) in [6.07, 6.45) is 0.729. The first kappa shape index (κ1) is 12.1. The van der Waals surface area contributed by atoms with E-state index in [9.17, 15) is 9.59 Å². The predicted molar refractivity (Wildman–Crippen MR) is 65.3 cm³/mol. The van der Waals surface area contributed by atoms with Gasteiger partial charge in [0.15, 0.2) is 0 Å². The molecule has 1 aliphatic heterocycles. The van der Waals surface area contributed by atoms with Gasteiger partial charge in [-0.15, -0.1) is 0 Å². The third-order valence-corrected chi connectivity index (χ3v) is 3.35. The molecule has 1 aliphatic rings. The summed E-state index contributed by atoms with van der Waals surface area (Å²) in [4.78, 5) is 24.1. The van der Waals surface area contributed by atoms with Crippen LogP contribution in [0.15, 0.2) is 28.7 Å². The van der Waals surface area contributed by atoms with Gasteiger partial charge in [-0.25, -0.2) is 4.79 Å². The molecule has 0 bridgehead atoms. The van der Waals surface area contributed by atoms with Gasteiger partial charge in [0, 0.05) is 17.4 Å². The number of likely N-dealkylation sites (tertiary alicyclic amines) is 1. The minimum atomic E-state index is -0.925. The standard InChI is InChI=1S/C12H12BrNO3/c13-9-3-1-2-8(6-9)7-14-10(12(16)17)4-5-11(14)15/h1-3,6,10H,4-5,7H2,(H,16,17)/t10-/m1/s1. The van der Waals surface area contributed by atoms with Gasteiger partial charge < -0.3 is 10.0 Å². The number of aliphatic carboxylic acids is 1. The molecule has 0 radical (unpaired) electrons. The van der Waals surface area contributed by atoms with E-state index < -0.39 is 12.0 Å². The van der Waals surface area contributed by atoms with Crippen molar-refractivity contribution in [2.24, 2.45) is 0 Å². The lowest BCUT2D eigenvalue weighted by Crippen LogP contribution is -2.37. The molecule has 1 aromatic rings. The molecule has 1 fully saturated rings. The summed E-state index contributed by atoms with van der Waals surface area (Å²) >= 11 is 3.35. The first-order valence-corrected chi connectivity index (χ1v) is 6.14. The Hall–Kier alpha value is -1.36. The fourth-order valence-electron chi connectivity index (χ4n) is 2.02. The van der Waals surface area contributed by atoms with Gasteiger partial charge in [-0.2, -0.15) is 0 Å². The van der Waals surface area contributed by atoms with Gasteiger partial charge in [0.05, 0.1) is 0 Å². The summed E-state index contributed by atoms with van der Waals surface area (Å²) in [7, 11) is 0. The molecule has 0 aliphatic carbocycles. The summed E-state index contributed by atoms with van der Waals surface area (Å²) in [6.45, 7) is 0.356. The van der Waals surface area contributed by atoms with Crippen LogP contribution in [0.3, 0.4) is 0 Å². The van der Waals surface area contributed by atoms with Crippen LogP contribution in [0.25, 0.3) is 0 Å². The molecule has 4 nitrogen and oxygen atoms in total. The Kier molecular flexibility index (Phi) is 3.47. The van der Waals surface area contributed by atoms with E-state index >= 15 is 0 Å². The summed E-state index contributed by atoms with van der Waals surface area (Å²) in [6, 6.07) is 6.86. The molecule has 0 aromatic heterocycles. The molecule has 17 heavy (non-hydrogen) atoms. The molecule has 1 saturated heterocycles. The van der Waals surface area contributed by atoms with Crippen LogP contribution in [0.4, 0.5) is 0 Å². The summed E-state index contributed by atoms with van der Waals surface area (Å²) < 4.78 is 0.925. The van der Waals surface area contributed by atoms with Crippen molar-refractivity contribution in [2.45, 2.75) is 25.4 Å². The van der Waals surface area contributed by atoms with E-state index in [1.165, 1.54) is 4.90 Å². The molecule has 2 rings (SSSR count). The Bertz CT molecular complexity index is 461. The highest BCUT2D eigenvalue weighted by Gasteiger charge is 2.35. The second-order valence-corrected chi connectivity index (χ2v) is 4.96. The van der Waals surface area contributed by atoms with Crippen LogP contribution in [0.2, 0.25) is 0 Å². The zero-order valence-corrected chi connectivity index (χ0v) is 10.7. The molecule has 0 spiro atoms. The monoisotopic (exact) mass is 297 g/mol. The molecule has 0 unspecified atom stereocenters. The van der Waals surface area contributed by atoms with Gasteiger partial charge in [-0.3, -0.25) is 4.79 Å². The maximum atomic E-state index is 11.6. The molecule has 90 valence electrons. The van der Waals surface area contributed by atoms with Crippen LogP contribution in [-0.2, 0) is 16.1 Å². The SMILES string of the molecule is O=C(O)[C@H]1CCC(=O)N1Cc1cccc(Br)c1. The van der Waals surface area contributed by atoms with Crippen molar-refractivity contribution in [3.8, 4) is 0 Å². The van der Waals surface area contributed by atoms with Crippen molar-refractivity contribution in [2.75, 3.05) is 0 Å². The Labute approximate surface area is 107 Å². The van der Waals surface area contributed by atoms with E-state index in [2.05, 4.69) is 15.9 Å². The van der Waals surface area contributed by atoms with Gasteiger partial charge >= 0.3 is 5.97 Å². The Morgan fingerprint density at radius 3 is 2.94 bits per heavy atom. The smallest absolute Gasteiger partial charge is 0.326 e. The molecular formula is C12H12BrNO3. The molecule has 1 N–H and O–H groups in total. The van der Waals surface area contributed by atoms with Gasteiger partial charge in [-0.1, -0.05) is 28.1 Å². The minimum Gasteiger partial charge on any atom is -0.480 e. The van der Waals surface area contributed by atoms with Gasteiger partial charge in [0.25, 0.3) is 0 Å². The summed E-state index contributed by atoms with van der Waals surface area (Å²) in [5, 5.41) is 9.03. The molecule has 5 heteroatoms. The normalized spacial score (nSPS) is 19.7. The van der Waals surface area contributed by atoms with E-state index in [1.54, 1.807) is 0 Å². The van der Waals surface area contributed by atoms with E-state index in [4.69, 9.17) is 5.11 Å². The Morgan fingerprint density at radius 1 is 1.53 bits per heavy atom. The number of hydrogen-bond acceptors (Lipinski definition) is 2. The third kappa shape index (κ3) is 2.66. The van der Waals surface area contributed by atoms with Crippen molar-refractivity contribution in [1.82, 2.24) is 4.90 Å². The first-order chi connectivity index (χ1) is 8.08. The van der Waals surface area contributed by atoms with Crippen LogP contribution >= 0.6 is 15.9 Å². The molecule has 1 amide bonds.